The molecule has 1 N–H and O–H groups in total. The molecule has 0 atom stereocenters. The third-order valence-electron chi connectivity index (χ3n) is 4.94. The average Bonchev–Trinajstić information content (AvgIpc) is 2.76. The first-order valence-electron chi connectivity index (χ1n) is 9.27. The number of aromatic hydroxyl groups is 1. The summed E-state index contributed by atoms with van der Waals surface area (Å²) in [7, 11) is 1.33. The van der Waals surface area contributed by atoms with Gasteiger partial charge in [0.1, 0.15) is 5.75 Å². The van der Waals surface area contributed by atoms with E-state index in [-0.39, 0.29) is 11.5 Å². The van der Waals surface area contributed by atoms with Gasteiger partial charge in [0, 0.05) is 18.7 Å². The first-order valence-corrected chi connectivity index (χ1v) is 9.27. The van der Waals surface area contributed by atoms with Gasteiger partial charge in [0.15, 0.2) is 0 Å². The molecule has 0 aromatic heterocycles. The van der Waals surface area contributed by atoms with Crippen LogP contribution in [0.4, 0.5) is 5.69 Å². The third-order valence-corrected chi connectivity index (χ3v) is 4.94. The molecule has 1 fully saturated rings. The normalized spacial score (nSPS) is 17.7. The summed E-state index contributed by atoms with van der Waals surface area (Å²) in [4.78, 5) is 31.3. The molecule has 2 aliphatic rings. The molecule has 0 saturated carbocycles. The van der Waals surface area contributed by atoms with Gasteiger partial charge in [-0.25, -0.2) is 9.79 Å². The number of rotatable bonds is 3. The van der Waals surface area contributed by atoms with Gasteiger partial charge in [0.25, 0.3) is 0 Å². The number of benzene rings is 2. The molecule has 4 rings (SSSR count). The van der Waals surface area contributed by atoms with E-state index in [1.54, 1.807) is 42.5 Å². The molecule has 0 unspecified atom stereocenters. The predicted octanol–water partition coefficient (Wildman–Crippen LogP) is 2.71. The van der Waals surface area contributed by atoms with Crippen LogP contribution in [0.5, 0.6) is 5.75 Å². The van der Waals surface area contributed by atoms with E-state index in [2.05, 4.69) is 4.99 Å². The molecule has 2 aromatic rings. The highest BCUT2D eigenvalue weighted by Crippen LogP contribution is 2.32. The Morgan fingerprint density at radius 3 is 2.55 bits per heavy atom. The van der Waals surface area contributed by atoms with Crippen LogP contribution in [0.3, 0.4) is 0 Å². The van der Waals surface area contributed by atoms with E-state index in [0.29, 0.717) is 60.1 Å². The molecule has 1 aliphatic heterocycles. The first-order chi connectivity index (χ1) is 14.1. The van der Waals surface area contributed by atoms with Crippen molar-refractivity contribution in [3.8, 4) is 5.75 Å². The Bertz CT molecular complexity index is 1020. The van der Waals surface area contributed by atoms with Gasteiger partial charge in [-0.3, -0.25) is 4.79 Å². The van der Waals surface area contributed by atoms with Crippen LogP contribution in [0.15, 0.2) is 59.2 Å². The lowest BCUT2D eigenvalue weighted by Gasteiger charge is -2.32. The highest BCUT2D eigenvalue weighted by Gasteiger charge is 2.30. The van der Waals surface area contributed by atoms with Crippen molar-refractivity contribution in [2.24, 2.45) is 4.99 Å². The molecule has 0 amide bonds. The van der Waals surface area contributed by atoms with E-state index in [0.717, 1.165) is 0 Å². The smallest absolute Gasteiger partial charge is 0.337 e. The Kier molecular flexibility index (Phi) is 5.14. The second kappa shape index (κ2) is 7.89. The lowest BCUT2D eigenvalue weighted by molar-refractivity contribution is 0.0507. The van der Waals surface area contributed by atoms with Crippen LogP contribution < -0.4 is 0 Å². The zero-order valence-corrected chi connectivity index (χ0v) is 15.9. The molecule has 7 heteroatoms. The van der Waals surface area contributed by atoms with Crippen molar-refractivity contribution in [2.45, 2.75) is 0 Å². The number of methoxy groups -OCH3 is 1. The molecule has 0 radical (unpaired) electrons. The summed E-state index contributed by atoms with van der Waals surface area (Å²) >= 11 is 0. The number of aliphatic imine (C=N–C) groups is 1. The predicted molar refractivity (Wildman–Crippen MR) is 107 cm³/mol. The SMILES string of the molecule is COC(=O)c1ccc(N=C2C=C(N3CCOCC3)C(=O)c3cccc(O)c32)cc1. The monoisotopic (exact) mass is 392 g/mol. The van der Waals surface area contributed by atoms with Crippen molar-refractivity contribution in [1.29, 1.82) is 0 Å². The average molecular weight is 392 g/mol. The summed E-state index contributed by atoms with van der Waals surface area (Å²) < 4.78 is 10.1. The number of carbonyl (C=O) groups excluding carboxylic acids is 2. The van der Waals surface area contributed by atoms with Gasteiger partial charge in [-0.15, -0.1) is 0 Å². The van der Waals surface area contributed by atoms with Crippen LogP contribution in [0.2, 0.25) is 0 Å². The number of esters is 1. The van der Waals surface area contributed by atoms with E-state index < -0.39 is 5.97 Å². The van der Waals surface area contributed by atoms with E-state index in [1.165, 1.54) is 13.2 Å². The highest BCUT2D eigenvalue weighted by molar-refractivity contribution is 6.27. The largest absolute Gasteiger partial charge is 0.507 e. The molecule has 0 bridgehead atoms. The summed E-state index contributed by atoms with van der Waals surface area (Å²) in [6, 6.07) is 11.5. The second-order valence-electron chi connectivity index (χ2n) is 6.69. The molecule has 1 heterocycles. The molecule has 1 aliphatic carbocycles. The topological polar surface area (TPSA) is 88.4 Å². The fourth-order valence-electron chi connectivity index (χ4n) is 3.46. The summed E-state index contributed by atoms with van der Waals surface area (Å²) in [5.41, 5.74) is 2.86. The fourth-order valence-corrected chi connectivity index (χ4v) is 3.46. The summed E-state index contributed by atoms with van der Waals surface area (Å²) in [6.07, 6.45) is 1.71. The first kappa shape index (κ1) is 18.9. The van der Waals surface area contributed by atoms with E-state index in [9.17, 15) is 14.7 Å². The Morgan fingerprint density at radius 2 is 1.86 bits per heavy atom. The third kappa shape index (κ3) is 3.64. The quantitative estimate of drug-likeness (QED) is 0.808. The van der Waals surface area contributed by atoms with Crippen LogP contribution >= 0.6 is 0 Å². The molecule has 29 heavy (non-hydrogen) atoms. The number of hydrogen-bond acceptors (Lipinski definition) is 7. The van der Waals surface area contributed by atoms with Crippen LogP contribution in [0, 0.1) is 0 Å². The van der Waals surface area contributed by atoms with Crippen LogP contribution in [0.25, 0.3) is 0 Å². The number of allylic oxidation sites excluding steroid dienone is 2. The standard InChI is InChI=1S/C22H20N2O5/c1-28-22(27)14-5-7-15(8-6-14)23-17-13-18(24-9-11-29-12-10-24)21(26)16-3-2-4-19(25)20(16)17/h2-8,13,25H,9-12H2,1H3. The Balaban J connectivity index is 1.78. The number of phenols is 1. The van der Waals surface area contributed by atoms with Crippen LogP contribution in [0.1, 0.15) is 26.3 Å². The lowest BCUT2D eigenvalue weighted by atomic mass is 9.90. The molecular weight excluding hydrogens is 372 g/mol. The number of hydrogen-bond donors (Lipinski definition) is 1. The van der Waals surface area contributed by atoms with Gasteiger partial charge in [0.05, 0.1) is 48.5 Å². The number of carbonyl (C=O) groups is 2. The van der Waals surface area contributed by atoms with E-state index in [4.69, 9.17) is 9.47 Å². The van der Waals surface area contributed by atoms with Crippen molar-refractivity contribution < 1.29 is 24.2 Å². The van der Waals surface area contributed by atoms with Gasteiger partial charge in [0.2, 0.25) is 5.78 Å². The van der Waals surface area contributed by atoms with Crippen molar-refractivity contribution in [2.75, 3.05) is 33.4 Å². The van der Waals surface area contributed by atoms with Gasteiger partial charge in [-0.1, -0.05) is 12.1 Å². The Morgan fingerprint density at radius 1 is 1.14 bits per heavy atom. The second-order valence-corrected chi connectivity index (χ2v) is 6.69. The van der Waals surface area contributed by atoms with E-state index in [1.807, 2.05) is 4.90 Å². The fraction of sp³-hybridized carbons (Fsp3) is 0.227. The number of nitrogens with zero attached hydrogens (tertiary/aromatic N) is 2. The number of ketones is 1. The Hall–Kier alpha value is -3.45. The molecule has 1 saturated heterocycles. The van der Waals surface area contributed by atoms with Crippen LogP contribution in [-0.2, 0) is 9.47 Å². The summed E-state index contributed by atoms with van der Waals surface area (Å²) in [5.74, 6) is -0.569. The zero-order chi connectivity index (χ0) is 20.4. The minimum absolute atomic E-state index is 0.00180. The van der Waals surface area contributed by atoms with Gasteiger partial charge >= 0.3 is 5.97 Å². The van der Waals surface area contributed by atoms with Gasteiger partial charge < -0.3 is 19.5 Å². The van der Waals surface area contributed by atoms with Crippen molar-refractivity contribution in [3.05, 3.63) is 70.9 Å². The lowest BCUT2D eigenvalue weighted by Crippen LogP contribution is -2.39. The van der Waals surface area contributed by atoms with Gasteiger partial charge in [-0.05, 0) is 36.4 Å². The molecular formula is C22H20N2O5. The maximum absolute atomic E-state index is 13.1. The number of morpholine rings is 1. The minimum Gasteiger partial charge on any atom is -0.507 e. The van der Waals surface area contributed by atoms with Crippen LogP contribution in [-0.4, -0.2) is 60.9 Å². The number of ether oxygens (including phenoxy) is 2. The van der Waals surface area contributed by atoms with E-state index >= 15 is 0 Å². The Labute approximate surface area is 167 Å². The maximum Gasteiger partial charge on any atom is 0.337 e. The zero-order valence-electron chi connectivity index (χ0n) is 15.9. The molecule has 148 valence electrons. The molecule has 2 aromatic carbocycles. The highest BCUT2D eigenvalue weighted by atomic mass is 16.5. The minimum atomic E-state index is -0.426. The van der Waals surface area contributed by atoms with Crippen molar-refractivity contribution in [3.63, 3.8) is 0 Å². The van der Waals surface area contributed by atoms with Crippen molar-refractivity contribution in [1.82, 2.24) is 4.90 Å². The van der Waals surface area contributed by atoms with Gasteiger partial charge in [-0.2, -0.15) is 0 Å². The van der Waals surface area contributed by atoms with Crippen molar-refractivity contribution >= 4 is 23.2 Å². The maximum atomic E-state index is 13.1. The molecule has 7 nitrogen and oxygen atoms in total. The molecule has 0 spiro atoms. The number of phenolic OH excluding ortho intramolecular Hbond substituents is 1. The summed E-state index contributed by atoms with van der Waals surface area (Å²) in [5, 5.41) is 10.4. The number of Topliss-reactive ketones (excluding diaryl/α,β-unsaturated/α-hetero) is 1. The number of fused-ring (bicyclic) bond motifs is 1. The summed E-state index contributed by atoms with van der Waals surface area (Å²) in [6.45, 7) is 2.34.